The third kappa shape index (κ3) is 2.87. The van der Waals surface area contributed by atoms with E-state index in [1.54, 1.807) is 12.3 Å². The molecule has 7 nitrogen and oxygen atoms in total. The van der Waals surface area contributed by atoms with Crippen LogP contribution in [0, 0.1) is 0 Å². The predicted molar refractivity (Wildman–Crippen MR) is 90.7 cm³/mol. The van der Waals surface area contributed by atoms with Gasteiger partial charge in [-0.2, -0.15) is 4.31 Å². The van der Waals surface area contributed by atoms with Gasteiger partial charge in [-0.05, 0) is 43.2 Å². The molecule has 2 aliphatic rings. The standard InChI is InChI=1S/C17H17N3O4S/c21-17-11-24-16-7-6-12(10-14(16)19-17)25(22,23)20-9-3-5-15(20)13-4-1-2-8-18-13/h1-2,4,6-8,10,15H,3,5,9,11H2,(H,19,21)/t15-/m0/s1. The van der Waals surface area contributed by atoms with E-state index in [9.17, 15) is 13.2 Å². The van der Waals surface area contributed by atoms with Crippen molar-refractivity contribution in [3.63, 3.8) is 0 Å². The molecule has 1 saturated heterocycles. The molecular weight excluding hydrogens is 342 g/mol. The fourth-order valence-electron chi connectivity index (χ4n) is 3.25. The number of aromatic nitrogens is 1. The molecule has 0 aliphatic carbocycles. The molecule has 1 N–H and O–H groups in total. The Kier molecular flexibility index (Phi) is 3.93. The van der Waals surface area contributed by atoms with Gasteiger partial charge < -0.3 is 10.1 Å². The van der Waals surface area contributed by atoms with Crippen LogP contribution in [0.2, 0.25) is 0 Å². The van der Waals surface area contributed by atoms with Crippen molar-refractivity contribution in [2.24, 2.45) is 0 Å². The first-order chi connectivity index (χ1) is 12.1. The van der Waals surface area contributed by atoms with Gasteiger partial charge in [0.25, 0.3) is 5.91 Å². The van der Waals surface area contributed by atoms with Gasteiger partial charge in [-0.15, -0.1) is 0 Å². The Morgan fingerprint density at radius 3 is 2.92 bits per heavy atom. The summed E-state index contributed by atoms with van der Waals surface area (Å²) in [5.41, 5.74) is 1.13. The molecule has 0 bridgehead atoms. The summed E-state index contributed by atoms with van der Waals surface area (Å²) >= 11 is 0. The van der Waals surface area contributed by atoms with Gasteiger partial charge in [-0.25, -0.2) is 8.42 Å². The lowest BCUT2D eigenvalue weighted by Crippen LogP contribution is -2.31. The van der Waals surface area contributed by atoms with Gasteiger partial charge in [0.05, 0.1) is 22.3 Å². The highest BCUT2D eigenvalue weighted by Crippen LogP contribution is 2.37. The zero-order valence-electron chi connectivity index (χ0n) is 13.4. The highest BCUT2D eigenvalue weighted by Gasteiger charge is 2.37. The lowest BCUT2D eigenvalue weighted by Gasteiger charge is -2.25. The summed E-state index contributed by atoms with van der Waals surface area (Å²) in [4.78, 5) is 15.9. The van der Waals surface area contributed by atoms with Crippen molar-refractivity contribution < 1.29 is 17.9 Å². The van der Waals surface area contributed by atoms with Crippen LogP contribution >= 0.6 is 0 Å². The molecule has 8 heteroatoms. The fourth-order valence-corrected chi connectivity index (χ4v) is 4.95. The van der Waals surface area contributed by atoms with Crippen LogP contribution in [0.4, 0.5) is 5.69 Å². The molecule has 1 fully saturated rings. The van der Waals surface area contributed by atoms with Gasteiger partial charge in [0.2, 0.25) is 10.0 Å². The number of amides is 1. The number of rotatable bonds is 3. The molecule has 0 spiro atoms. The molecule has 0 unspecified atom stereocenters. The molecule has 2 aliphatic heterocycles. The van der Waals surface area contributed by atoms with E-state index in [0.29, 0.717) is 18.0 Å². The van der Waals surface area contributed by atoms with Crippen molar-refractivity contribution in [1.29, 1.82) is 0 Å². The number of hydrogen-bond donors (Lipinski definition) is 1. The second-order valence-corrected chi connectivity index (χ2v) is 7.91. The van der Waals surface area contributed by atoms with Crippen LogP contribution in [0.25, 0.3) is 0 Å². The number of pyridine rings is 1. The molecule has 0 radical (unpaired) electrons. The first kappa shape index (κ1) is 16.0. The zero-order valence-corrected chi connectivity index (χ0v) is 14.2. The van der Waals surface area contributed by atoms with Crippen LogP contribution in [0.5, 0.6) is 5.75 Å². The maximum atomic E-state index is 13.1. The second kappa shape index (κ2) is 6.12. The van der Waals surface area contributed by atoms with Crippen molar-refractivity contribution in [2.75, 3.05) is 18.5 Å². The van der Waals surface area contributed by atoms with Crippen LogP contribution in [0.3, 0.4) is 0 Å². The highest BCUT2D eigenvalue weighted by atomic mass is 32.2. The van der Waals surface area contributed by atoms with E-state index in [1.165, 1.54) is 16.4 Å². The topological polar surface area (TPSA) is 88.6 Å². The van der Waals surface area contributed by atoms with Gasteiger partial charge in [0.15, 0.2) is 6.61 Å². The number of carbonyl (C=O) groups excluding carboxylic acids is 1. The number of benzene rings is 1. The van der Waals surface area contributed by atoms with E-state index in [-0.39, 0.29) is 23.5 Å². The Labute approximate surface area is 145 Å². The van der Waals surface area contributed by atoms with Crippen LogP contribution in [0.1, 0.15) is 24.6 Å². The third-order valence-corrected chi connectivity index (χ3v) is 6.33. The van der Waals surface area contributed by atoms with Gasteiger partial charge in [0.1, 0.15) is 5.75 Å². The Morgan fingerprint density at radius 2 is 2.12 bits per heavy atom. The lowest BCUT2D eigenvalue weighted by molar-refractivity contribution is -0.118. The second-order valence-electron chi connectivity index (χ2n) is 6.02. The lowest BCUT2D eigenvalue weighted by atomic mass is 10.1. The summed E-state index contributed by atoms with van der Waals surface area (Å²) in [5.74, 6) is 0.177. The summed E-state index contributed by atoms with van der Waals surface area (Å²) in [5, 5.41) is 2.65. The van der Waals surface area contributed by atoms with E-state index in [4.69, 9.17) is 4.74 Å². The van der Waals surface area contributed by atoms with E-state index in [0.717, 1.165) is 18.5 Å². The zero-order chi connectivity index (χ0) is 17.4. The third-order valence-electron chi connectivity index (χ3n) is 4.42. The summed E-state index contributed by atoms with van der Waals surface area (Å²) in [6, 6.07) is 9.79. The molecule has 2 aromatic rings. The van der Waals surface area contributed by atoms with Crippen molar-refractivity contribution in [3.05, 3.63) is 48.3 Å². The van der Waals surface area contributed by atoms with Crippen LogP contribution in [-0.2, 0) is 14.8 Å². The van der Waals surface area contributed by atoms with E-state index in [1.807, 2.05) is 18.2 Å². The Bertz CT molecular complexity index is 915. The number of ether oxygens (including phenoxy) is 1. The van der Waals surface area contributed by atoms with Crippen LogP contribution in [0.15, 0.2) is 47.5 Å². The molecule has 1 aromatic heterocycles. The smallest absolute Gasteiger partial charge is 0.262 e. The molecule has 3 heterocycles. The molecule has 1 atom stereocenters. The Balaban J connectivity index is 1.69. The number of carbonyl (C=O) groups is 1. The summed E-state index contributed by atoms with van der Waals surface area (Å²) in [6.45, 7) is 0.385. The fraction of sp³-hybridized carbons (Fsp3) is 0.294. The van der Waals surface area contributed by atoms with Crippen LogP contribution in [-0.4, -0.2) is 36.8 Å². The largest absolute Gasteiger partial charge is 0.482 e. The average molecular weight is 359 g/mol. The minimum atomic E-state index is -3.70. The monoisotopic (exact) mass is 359 g/mol. The SMILES string of the molecule is O=C1COc2ccc(S(=O)(=O)N3CCC[C@H]3c3ccccn3)cc2N1. The minimum absolute atomic E-state index is 0.0625. The number of anilines is 1. The number of nitrogens with zero attached hydrogens (tertiary/aromatic N) is 2. The molecule has 1 aromatic carbocycles. The summed E-state index contributed by atoms with van der Waals surface area (Å²) in [7, 11) is -3.70. The van der Waals surface area contributed by atoms with Gasteiger partial charge in [-0.1, -0.05) is 6.07 Å². The van der Waals surface area contributed by atoms with Crippen molar-refractivity contribution in [1.82, 2.24) is 9.29 Å². The van der Waals surface area contributed by atoms with E-state index in [2.05, 4.69) is 10.3 Å². The van der Waals surface area contributed by atoms with E-state index >= 15 is 0 Å². The van der Waals surface area contributed by atoms with Crippen molar-refractivity contribution >= 4 is 21.6 Å². The maximum absolute atomic E-state index is 13.1. The Morgan fingerprint density at radius 1 is 1.24 bits per heavy atom. The Hall–Kier alpha value is -2.45. The molecule has 25 heavy (non-hydrogen) atoms. The number of nitrogens with one attached hydrogen (secondary N) is 1. The van der Waals surface area contributed by atoms with Crippen LogP contribution < -0.4 is 10.1 Å². The summed E-state index contributed by atoms with van der Waals surface area (Å²) in [6.07, 6.45) is 3.19. The molecule has 1 amide bonds. The number of fused-ring (bicyclic) bond motifs is 1. The van der Waals surface area contributed by atoms with Gasteiger partial charge in [-0.3, -0.25) is 9.78 Å². The summed E-state index contributed by atoms with van der Waals surface area (Å²) < 4.78 is 33.0. The molecule has 4 rings (SSSR count). The first-order valence-electron chi connectivity index (χ1n) is 8.05. The first-order valence-corrected chi connectivity index (χ1v) is 9.49. The van der Waals surface area contributed by atoms with Gasteiger partial charge >= 0.3 is 0 Å². The predicted octanol–water partition coefficient (Wildman–Crippen LogP) is 1.94. The average Bonchev–Trinajstić information content (AvgIpc) is 3.12. The van der Waals surface area contributed by atoms with Crippen molar-refractivity contribution in [2.45, 2.75) is 23.8 Å². The number of hydrogen-bond acceptors (Lipinski definition) is 5. The molecule has 0 saturated carbocycles. The van der Waals surface area contributed by atoms with Crippen molar-refractivity contribution in [3.8, 4) is 5.75 Å². The number of sulfonamides is 1. The normalized spacial score (nSPS) is 20.6. The highest BCUT2D eigenvalue weighted by molar-refractivity contribution is 7.89. The van der Waals surface area contributed by atoms with Gasteiger partial charge in [0, 0.05) is 12.7 Å². The quantitative estimate of drug-likeness (QED) is 0.905. The maximum Gasteiger partial charge on any atom is 0.262 e. The molecular formula is C17H17N3O4S. The molecule has 130 valence electrons. The minimum Gasteiger partial charge on any atom is -0.482 e. The van der Waals surface area contributed by atoms with E-state index < -0.39 is 10.0 Å².